The maximum absolute atomic E-state index is 14.2. The van der Waals surface area contributed by atoms with Crippen molar-refractivity contribution in [3.8, 4) is 23.2 Å². The molecule has 0 unspecified atom stereocenters. The summed E-state index contributed by atoms with van der Waals surface area (Å²) in [5, 5.41) is 11.9. The molecule has 0 radical (unpaired) electrons. The molecule has 0 bridgehead atoms. The van der Waals surface area contributed by atoms with Crippen molar-refractivity contribution in [1.29, 1.82) is 0 Å². The molecule has 4 aromatic carbocycles. The van der Waals surface area contributed by atoms with Crippen LogP contribution in [0.3, 0.4) is 0 Å². The molecule has 14 nitrogen and oxygen atoms in total. The molecular weight excluding hydrogens is 799 g/mol. The van der Waals surface area contributed by atoms with Crippen molar-refractivity contribution >= 4 is 28.8 Å². The van der Waals surface area contributed by atoms with E-state index in [0.29, 0.717) is 42.7 Å². The van der Waals surface area contributed by atoms with E-state index in [1.54, 1.807) is 32.2 Å². The smallest absolute Gasteiger partial charge is 0.333 e. The zero-order chi connectivity index (χ0) is 44.2. The van der Waals surface area contributed by atoms with Crippen molar-refractivity contribution in [2.24, 2.45) is 7.05 Å². The van der Waals surface area contributed by atoms with E-state index < -0.39 is 4.92 Å². The average Bonchev–Trinajstić information content (AvgIpc) is 3.53. The Bertz CT molecular complexity index is 2620. The largest absolute Gasteiger partial charge is 0.484 e. The molecule has 0 N–H and O–H groups in total. The van der Waals surface area contributed by atoms with Crippen LogP contribution in [-0.2, 0) is 31.6 Å². The van der Waals surface area contributed by atoms with Crippen molar-refractivity contribution in [2.75, 3.05) is 25.0 Å². The summed E-state index contributed by atoms with van der Waals surface area (Å²) in [4.78, 5) is 49.5. The number of fused-ring (bicyclic) bond motifs is 1. The number of nitrogens with zero attached hydrogens (tertiary/aromatic N) is 7. The van der Waals surface area contributed by atoms with E-state index in [0.717, 1.165) is 84.2 Å². The van der Waals surface area contributed by atoms with E-state index in [1.807, 2.05) is 107 Å². The number of anilines is 1. The van der Waals surface area contributed by atoms with Gasteiger partial charge in [-0.15, -0.1) is 0 Å². The second-order valence-corrected chi connectivity index (χ2v) is 17.0. The van der Waals surface area contributed by atoms with Crippen LogP contribution in [0.5, 0.6) is 17.5 Å². The van der Waals surface area contributed by atoms with Crippen LogP contribution in [-0.4, -0.2) is 79.6 Å². The van der Waals surface area contributed by atoms with Crippen LogP contribution in [0.15, 0.2) is 108 Å². The van der Waals surface area contributed by atoms with Gasteiger partial charge in [0.15, 0.2) is 5.75 Å². The predicted molar refractivity (Wildman–Crippen MR) is 243 cm³/mol. The number of nitro benzene ring substituents is 1. The quantitative estimate of drug-likeness (QED) is 0.0505. The Morgan fingerprint density at radius 2 is 1.49 bits per heavy atom. The number of nitro groups is 1. The van der Waals surface area contributed by atoms with Gasteiger partial charge in [0, 0.05) is 56.9 Å². The third-order valence-corrected chi connectivity index (χ3v) is 12.5. The van der Waals surface area contributed by atoms with Crippen LogP contribution in [0.4, 0.5) is 11.4 Å². The predicted octanol–water partition coefficient (Wildman–Crippen LogP) is 7.98. The Labute approximate surface area is 367 Å². The Morgan fingerprint density at radius 1 is 0.841 bits per heavy atom. The monoisotopic (exact) mass is 853 g/mol. The van der Waals surface area contributed by atoms with Gasteiger partial charge in [0.1, 0.15) is 18.9 Å². The fourth-order valence-electron chi connectivity index (χ4n) is 8.94. The fourth-order valence-corrected chi connectivity index (χ4v) is 8.94. The number of para-hydroxylation sites is 1. The zero-order valence-corrected chi connectivity index (χ0v) is 36.6. The topological polar surface area (TPSA) is 137 Å². The number of likely N-dealkylation sites (N-methyl/N-ethyl adjacent to an activating group) is 1. The highest BCUT2D eigenvalue weighted by Gasteiger charge is 2.37. The normalized spacial score (nSPS) is 16.6. The van der Waals surface area contributed by atoms with Gasteiger partial charge in [0.25, 0.3) is 0 Å². The molecule has 2 aliphatic rings. The summed E-state index contributed by atoms with van der Waals surface area (Å²) >= 11 is 0. The molecule has 2 aromatic heterocycles. The first-order valence-electron chi connectivity index (χ1n) is 21.7. The number of carbonyl (C=O) groups is 1. The van der Waals surface area contributed by atoms with Crippen molar-refractivity contribution in [3.05, 3.63) is 146 Å². The first-order chi connectivity index (χ1) is 30.5. The van der Waals surface area contributed by atoms with Gasteiger partial charge in [-0.05, 0) is 100 Å². The summed E-state index contributed by atoms with van der Waals surface area (Å²) in [6.45, 7) is 8.11. The minimum absolute atomic E-state index is 0.0514. The summed E-state index contributed by atoms with van der Waals surface area (Å²) in [5.74, 6) is 0.937. The van der Waals surface area contributed by atoms with Crippen LogP contribution in [0.1, 0.15) is 61.8 Å². The van der Waals surface area contributed by atoms with Gasteiger partial charge in [-0.2, -0.15) is 4.98 Å². The minimum Gasteiger partial charge on any atom is -0.484 e. The zero-order valence-electron chi connectivity index (χ0n) is 36.6. The molecule has 8 rings (SSSR count). The fraction of sp³-hybridized carbons (Fsp3) is 0.367. The summed E-state index contributed by atoms with van der Waals surface area (Å²) in [6, 6.07) is 33.4. The number of carbonyl (C=O) groups excluding carboxylic acids is 1. The third kappa shape index (κ3) is 9.26. The van der Waals surface area contributed by atoms with Gasteiger partial charge in [0.2, 0.25) is 18.2 Å². The Morgan fingerprint density at radius 3 is 2.13 bits per heavy atom. The van der Waals surface area contributed by atoms with Gasteiger partial charge < -0.3 is 24.0 Å². The second-order valence-electron chi connectivity index (χ2n) is 17.0. The molecule has 1 aliphatic carbocycles. The highest BCUT2D eigenvalue weighted by Crippen LogP contribution is 2.37. The standard InChI is InChI=1S/C49H55N7O7/c1-33(2)63-45-25-34(3)37(26-44(45)56(59)60)27-54(32-57)39-21-19-38(20-22-39)51(4)40-28-53(29-40)41-17-12-18-42-47(41)52(5)49(58)55(42)43-23-24-46(61-30-35-13-8-6-9-14-35)50-48(43)62-31-36-15-10-7-11-16-36/h6-18,23-26,32-33,38-40H,19-22,27-31H2,1-5H3. The molecule has 0 spiro atoms. The first-order valence-corrected chi connectivity index (χ1v) is 21.7. The van der Waals surface area contributed by atoms with Crippen molar-refractivity contribution < 1.29 is 23.9 Å². The van der Waals surface area contributed by atoms with Gasteiger partial charge in [-0.25, -0.2) is 4.79 Å². The van der Waals surface area contributed by atoms with Gasteiger partial charge in [-0.1, -0.05) is 66.7 Å². The van der Waals surface area contributed by atoms with E-state index in [-0.39, 0.29) is 35.9 Å². The van der Waals surface area contributed by atoms with Crippen LogP contribution < -0.4 is 24.8 Å². The summed E-state index contributed by atoms with van der Waals surface area (Å²) < 4.78 is 21.5. The van der Waals surface area contributed by atoms with E-state index >= 15 is 0 Å². The molecule has 6 aromatic rings. The molecule has 0 atom stereocenters. The summed E-state index contributed by atoms with van der Waals surface area (Å²) in [6.07, 6.45) is 4.26. The van der Waals surface area contributed by atoms with Crippen LogP contribution >= 0.6 is 0 Å². The lowest BCUT2D eigenvalue weighted by atomic mass is 9.88. The van der Waals surface area contributed by atoms with E-state index in [4.69, 9.17) is 19.2 Å². The lowest BCUT2D eigenvalue weighted by Crippen LogP contribution is -2.61. The maximum Gasteiger partial charge on any atom is 0.333 e. The molecule has 63 heavy (non-hydrogen) atoms. The highest BCUT2D eigenvalue weighted by molar-refractivity contribution is 5.91. The lowest BCUT2D eigenvalue weighted by Gasteiger charge is -2.49. The molecule has 1 saturated carbocycles. The molecule has 1 aliphatic heterocycles. The van der Waals surface area contributed by atoms with Crippen LogP contribution in [0, 0.1) is 17.0 Å². The van der Waals surface area contributed by atoms with E-state index in [9.17, 15) is 19.7 Å². The number of amides is 1. The van der Waals surface area contributed by atoms with Crippen molar-refractivity contribution in [3.63, 3.8) is 0 Å². The number of ether oxygens (including phenoxy) is 3. The summed E-state index contributed by atoms with van der Waals surface area (Å²) in [7, 11) is 4.00. The SMILES string of the molecule is Cc1cc(OC(C)C)c([N+](=O)[O-])cc1CN(C=O)C1CCC(N(C)C2CN(c3cccc4c3n(C)c(=O)n4-c3ccc(OCc4ccccc4)nc3OCc3ccccc3)C2)CC1. The minimum atomic E-state index is -0.424. The number of rotatable bonds is 17. The third-order valence-electron chi connectivity index (χ3n) is 12.5. The molecule has 2 fully saturated rings. The number of hydrogen-bond acceptors (Lipinski definition) is 10. The summed E-state index contributed by atoms with van der Waals surface area (Å²) in [5.41, 5.74) is 6.40. The molecule has 1 saturated heterocycles. The number of pyridine rings is 1. The van der Waals surface area contributed by atoms with Gasteiger partial charge >= 0.3 is 11.4 Å². The molecule has 14 heteroatoms. The van der Waals surface area contributed by atoms with Crippen LogP contribution in [0.2, 0.25) is 0 Å². The van der Waals surface area contributed by atoms with Gasteiger partial charge in [-0.3, -0.25) is 28.9 Å². The van der Waals surface area contributed by atoms with E-state index in [2.05, 4.69) is 22.9 Å². The molecule has 3 heterocycles. The lowest BCUT2D eigenvalue weighted by molar-refractivity contribution is -0.386. The van der Waals surface area contributed by atoms with Gasteiger partial charge in [0.05, 0.1) is 27.7 Å². The maximum atomic E-state index is 14.2. The number of imidazole rings is 1. The number of benzene rings is 4. The number of aryl methyl sites for hydroxylation is 2. The first kappa shape index (κ1) is 43.0. The second kappa shape index (κ2) is 18.7. The van der Waals surface area contributed by atoms with Crippen molar-refractivity contribution in [1.82, 2.24) is 23.9 Å². The van der Waals surface area contributed by atoms with E-state index in [1.165, 1.54) is 0 Å². The molecule has 1 amide bonds. The molecule has 328 valence electrons. The number of aromatic nitrogens is 3. The highest BCUT2D eigenvalue weighted by atomic mass is 16.6. The van der Waals surface area contributed by atoms with Crippen molar-refractivity contribution in [2.45, 2.75) is 90.4 Å². The van der Waals surface area contributed by atoms with Crippen LogP contribution in [0.25, 0.3) is 16.7 Å². The Hall–Kier alpha value is -6.67. The average molecular weight is 854 g/mol. The Balaban J connectivity index is 0.946. The molecular formula is C49H55N7O7. The number of hydrogen-bond donors (Lipinski definition) is 0. The Kier molecular flexibility index (Phi) is 12.8.